The molecule has 2 aromatic heterocycles. The van der Waals surface area contributed by atoms with E-state index in [1.165, 1.54) is 17.1 Å². The molecular formula is C21H23ClFN7O3. The summed E-state index contributed by atoms with van der Waals surface area (Å²) in [5.74, 6) is 0.782. The smallest absolute Gasteiger partial charge is 0.323 e. The van der Waals surface area contributed by atoms with Crippen molar-refractivity contribution in [2.75, 3.05) is 12.4 Å². The van der Waals surface area contributed by atoms with Gasteiger partial charge < -0.3 is 19.4 Å². The highest BCUT2D eigenvalue weighted by atomic mass is 35.5. The summed E-state index contributed by atoms with van der Waals surface area (Å²) in [6.45, 7) is 2.32. The molecule has 1 N–H and O–H groups in total. The molecule has 1 aromatic carbocycles. The summed E-state index contributed by atoms with van der Waals surface area (Å²) < 4.78 is 27.1. The van der Waals surface area contributed by atoms with Gasteiger partial charge in [-0.05, 0) is 30.9 Å². The molecule has 1 saturated heterocycles. The lowest BCUT2D eigenvalue weighted by atomic mass is 9.64. The van der Waals surface area contributed by atoms with Crippen molar-refractivity contribution in [3.63, 3.8) is 0 Å². The van der Waals surface area contributed by atoms with E-state index in [1.54, 1.807) is 19.1 Å². The Morgan fingerprint density at radius 2 is 2.21 bits per heavy atom. The lowest BCUT2D eigenvalue weighted by molar-refractivity contribution is -0.110. The van der Waals surface area contributed by atoms with Crippen LogP contribution < -0.4 is 5.32 Å². The van der Waals surface area contributed by atoms with Gasteiger partial charge in [0.05, 0.1) is 10.7 Å². The Morgan fingerprint density at radius 1 is 1.39 bits per heavy atom. The molecule has 1 saturated carbocycles. The molecule has 3 heterocycles. The van der Waals surface area contributed by atoms with Crippen LogP contribution in [-0.4, -0.2) is 49.0 Å². The molecule has 0 spiro atoms. The molecule has 2 amide bonds. The Morgan fingerprint density at radius 3 is 2.94 bits per heavy atom. The molecule has 174 valence electrons. The average molecular weight is 476 g/mol. The molecule has 1 aliphatic carbocycles. The van der Waals surface area contributed by atoms with Crippen LogP contribution in [0, 0.1) is 11.7 Å². The number of carbonyl (C=O) groups is 1. The van der Waals surface area contributed by atoms with E-state index < -0.39 is 17.4 Å². The topological polar surface area (TPSA) is 111 Å². The van der Waals surface area contributed by atoms with Crippen LogP contribution in [0.25, 0.3) is 11.4 Å². The average Bonchev–Trinajstić information content (AvgIpc) is 3.39. The van der Waals surface area contributed by atoms with Gasteiger partial charge in [-0.1, -0.05) is 18.5 Å². The number of aromatic nitrogens is 5. The van der Waals surface area contributed by atoms with E-state index >= 15 is 0 Å². The summed E-state index contributed by atoms with van der Waals surface area (Å²) in [4.78, 5) is 19.2. The molecular weight excluding hydrogens is 453 g/mol. The Hall–Kier alpha value is -3.05. The minimum absolute atomic E-state index is 0.00110. The molecule has 33 heavy (non-hydrogen) atoms. The number of hydrogen-bond acceptors (Lipinski definition) is 7. The number of amides is 2. The van der Waals surface area contributed by atoms with E-state index in [4.69, 9.17) is 20.8 Å². The minimum Gasteiger partial charge on any atom is -0.420 e. The third-order valence-corrected chi connectivity index (χ3v) is 6.56. The maximum absolute atomic E-state index is 14.7. The van der Waals surface area contributed by atoms with E-state index in [0.29, 0.717) is 41.9 Å². The number of aryl methyl sites for hydroxylation is 1. The van der Waals surface area contributed by atoms with Crippen LogP contribution >= 0.6 is 11.6 Å². The first-order valence-corrected chi connectivity index (χ1v) is 11.0. The standard InChI is InChI=1S/C21H23ClFN7O3/c1-11-4-12-8-21(7-11,19-27-26-17(33-19)9-32-3)30(12)20(31)25-16-5-13(14(22)6-15(16)23)18-24-10-29(2)28-18/h5-6,10-12H,4,7-9H2,1-3H3,(H,25,31)/t11?,12?,21-/m0/s1. The molecule has 0 radical (unpaired) electrons. The van der Waals surface area contributed by atoms with E-state index in [0.717, 1.165) is 12.5 Å². The summed E-state index contributed by atoms with van der Waals surface area (Å²) in [6.07, 6.45) is 3.76. The predicted octanol–water partition coefficient (Wildman–Crippen LogP) is 3.74. The van der Waals surface area contributed by atoms with Crippen LogP contribution in [0.1, 0.15) is 38.0 Å². The lowest BCUT2D eigenvalue weighted by Gasteiger charge is -2.61. The number of likely N-dealkylation sites (tertiary alicyclic amines) is 1. The highest BCUT2D eigenvalue weighted by Crippen LogP contribution is 2.55. The second-order valence-electron chi connectivity index (χ2n) is 8.72. The van der Waals surface area contributed by atoms with Crippen molar-refractivity contribution in [2.24, 2.45) is 13.0 Å². The summed E-state index contributed by atoms with van der Waals surface area (Å²) >= 11 is 6.22. The second-order valence-corrected chi connectivity index (χ2v) is 9.13. The van der Waals surface area contributed by atoms with Crippen molar-refractivity contribution in [1.29, 1.82) is 0 Å². The molecule has 10 nitrogen and oxygen atoms in total. The highest BCUT2D eigenvalue weighted by molar-refractivity contribution is 6.33. The van der Waals surface area contributed by atoms with Crippen molar-refractivity contribution >= 4 is 23.3 Å². The molecule has 3 aromatic rings. The van der Waals surface area contributed by atoms with Crippen molar-refractivity contribution in [3.05, 3.63) is 41.1 Å². The fourth-order valence-electron chi connectivity index (χ4n) is 5.03. The Kier molecular flexibility index (Phi) is 5.32. The minimum atomic E-state index is -0.723. The zero-order valence-electron chi connectivity index (χ0n) is 18.4. The number of nitrogens with zero attached hydrogens (tertiary/aromatic N) is 6. The number of piperidine rings is 1. The third-order valence-electron chi connectivity index (χ3n) is 6.25. The number of urea groups is 1. The summed E-state index contributed by atoms with van der Waals surface area (Å²) in [5, 5.41) is 15.3. The fourth-order valence-corrected chi connectivity index (χ4v) is 5.26. The summed E-state index contributed by atoms with van der Waals surface area (Å²) in [6, 6.07) is 2.15. The number of methoxy groups -OCH3 is 1. The van der Waals surface area contributed by atoms with Gasteiger partial charge >= 0.3 is 6.03 Å². The number of ether oxygens (including phenoxy) is 1. The van der Waals surface area contributed by atoms with E-state index in [9.17, 15) is 9.18 Å². The zero-order chi connectivity index (χ0) is 23.3. The SMILES string of the molecule is COCc1nnc([C@]23CC(C)CC(C2)N3C(=O)Nc2cc(-c3ncn(C)n3)c(Cl)cc2F)o1. The third kappa shape index (κ3) is 3.65. The van der Waals surface area contributed by atoms with Crippen LogP contribution in [-0.2, 0) is 23.9 Å². The van der Waals surface area contributed by atoms with Crippen LogP contribution in [0.5, 0.6) is 0 Å². The summed E-state index contributed by atoms with van der Waals surface area (Å²) in [7, 11) is 3.26. The van der Waals surface area contributed by atoms with E-state index in [2.05, 4.69) is 32.5 Å². The predicted molar refractivity (Wildman–Crippen MR) is 116 cm³/mol. The van der Waals surface area contributed by atoms with E-state index in [1.807, 2.05) is 0 Å². The molecule has 2 fully saturated rings. The van der Waals surface area contributed by atoms with Crippen molar-refractivity contribution < 1.29 is 18.3 Å². The zero-order valence-corrected chi connectivity index (χ0v) is 19.1. The van der Waals surface area contributed by atoms with Crippen LogP contribution in [0.15, 0.2) is 22.9 Å². The molecule has 1 aliphatic heterocycles. The van der Waals surface area contributed by atoms with Crippen LogP contribution in [0.2, 0.25) is 5.02 Å². The number of carbonyl (C=O) groups excluding carboxylic acids is 1. The van der Waals surface area contributed by atoms with Crippen molar-refractivity contribution in [2.45, 2.75) is 44.4 Å². The Labute approximate surface area is 194 Å². The number of fused-ring (bicyclic) bond motifs is 2. The van der Waals surface area contributed by atoms with Gasteiger partial charge in [0.1, 0.15) is 24.3 Å². The first-order valence-electron chi connectivity index (χ1n) is 10.6. The van der Waals surface area contributed by atoms with Crippen molar-refractivity contribution in [1.82, 2.24) is 29.9 Å². The molecule has 2 unspecified atom stereocenters. The summed E-state index contributed by atoms with van der Waals surface area (Å²) in [5.41, 5.74) is -0.313. The number of anilines is 1. The molecule has 12 heteroatoms. The number of nitrogens with one attached hydrogen (secondary N) is 1. The number of benzene rings is 1. The molecule has 3 atom stereocenters. The number of hydrogen-bond donors (Lipinski definition) is 1. The van der Waals surface area contributed by atoms with Gasteiger partial charge in [0.15, 0.2) is 5.82 Å². The van der Waals surface area contributed by atoms with Gasteiger partial charge in [0.2, 0.25) is 11.8 Å². The van der Waals surface area contributed by atoms with Gasteiger partial charge in [-0.3, -0.25) is 4.68 Å². The van der Waals surface area contributed by atoms with Crippen LogP contribution in [0.3, 0.4) is 0 Å². The highest BCUT2D eigenvalue weighted by Gasteiger charge is 2.62. The fraction of sp³-hybridized carbons (Fsp3) is 0.476. The lowest BCUT2D eigenvalue weighted by Crippen LogP contribution is -2.70. The van der Waals surface area contributed by atoms with E-state index in [-0.39, 0.29) is 23.4 Å². The monoisotopic (exact) mass is 475 g/mol. The van der Waals surface area contributed by atoms with Gasteiger partial charge in [-0.2, -0.15) is 5.10 Å². The van der Waals surface area contributed by atoms with Crippen LogP contribution in [0.4, 0.5) is 14.9 Å². The molecule has 2 aliphatic rings. The molecule has 5 rings (SSSR count). The maximum atomic E-state index is 14.7. The van der Waals surface area contributed by atoms with Gasteiger partial charge in [-0.15, -0.1) is 10.2 Å². The first-order chi connectivity index (χ1) is 15.8. The van der Waals surface area contributed by atoms with Gasteiger partial charge in [0, 0.05) is 32.2 Å². The van der Waals surface area contributed by atoms with Gasteiger partial charge in [0.25, 0.3) is 0 Å². The first kappa shape index (κ1) is 21.8. The maximum Gasteiger partial charge on any atom is 0.323 e. The Balaban J connectivity index is 1.44. The largest absolute Gasteiger partial charge is 0.420 e. The number of halogens is 2. The molecule has 2 bridgehead atoms. The van der Waals surface area contributed by atoms with Gasteiger partial charge in [-0.25, -0.2) is 14.2 Å². The normalized spacial score (nSPS) is 24.0. The quantitative estimate of drug-likeness (QED) is 0.598. The number of rotatable bonds is 5. The Bertz CT molecular complexity index is 1210. The van der Waals surface area contributed by atoms with Crippen molar-refractivity contribution in [3.8, 4) is 11.4 Å². The second kappa shape index (κ2) is 8.07.